The smallest absolute Gasteiger partial charge is 0.150 e. The summed E-state index contributed by atoms with van der Waals surface area (Å²) in [6.07, 6.45) is 5.72. The molecule has 0 aromatic carbocycles. The van der Waals surface area contributed by atoms with Crippen molar-refractivity contribution in [1.82, 2.24) is 20.8 Å². The Morgan fingerprint density at radius 1 is 1.36 bits per heavy atom. The van der Waals surface area contributed by atoms with Gasteiger partial charge in [-0.05, 0) is 31.9 Å². The van der Waals surface area contributed by atoms with E-state index >= 15 is 0 Å². The molecule has 2 heterocycles. The average molecular weight is 340 g/mol. The maximum absolute atomic E-state index is 5.51. The Hall–Kier alpha value is -2.77. The lowest BCUT2D eigenvalue weighted by molar-refractivity contribution is 0.369. The Kier molecular flexibility index (Phi) is 7.55. The van der Waals surface area contributed by atoms with Crippen LogP contribution in [0.15, 0.2) is 63.5 Å². The van der Waals surface area contributed by atoms with E-state index in [0.29, 0.717) is 26.2 Å². The van der Waals surface area contributed by atoms with E-state index in [1.54, 1.807) is 6.20 Å². The van der Waals surface area contributed by atoms with Crippen LogP contribution in [0.5, 0.6) is 0 Å². The Morgan fingerprint density at radius 2 is 2.24 bits per heavy atom. The van der Waals surface area contributed by atoms with E-state index in [0.717, 1.165) is 28.5 Å². The first-order valence-corrected chi connectivity index (χ1v) is 8.07. The number of aromatic nitrogens is 2. The molecule has 0 saturated heterocycles. The van der Waals surface area contributed by atoms with Crippen molar-refractivity contribution >= 4 is 6.72 Å². The van der Waals surface area contributed by atoms with Crippen molar-refractivity contribution < 1.29 is 4.52 Å². The monoisotopic (exact) mass is 340 g/mol. The number of nitrogens with two attached hydrogens (primary N) is 1. The molecule has 0 atom stereocenters. The summed E-state index contributed by atoms with van der Waals surface area (Å²) in [7, 11) is 0. The minimum Gasteiger partial charge on any atom is -0.380 e. The number of nitrogens with zero attached hydrogens (tertiary/aromatic N) is 3. The van der Waals surface area contributed by atoms with Gasteiger partial charge in [-0.15, -0.1) is 0 Å². The minimum absolute atomic E-state index is 0.370. The molecule has 0 amide bonds. The molecule has 4 N–H and O–H groups in total. The summed E-state index contributed by atoms with van der Waals surface area (Å²) in [5.74, 6) is 0.739. The molecule has 0 bridgehead atoms. The predicted molar refractivity (Wildman–Crippen MR) is 98.6 cm³/mol. The third-order valence-corrected chi connectivity index (χ3v) is 3.46. The second-order valence-corrected chi connectivity index (χ2v) is 5.30. The van der Waals surface area contributed by atoms with Crippen LogP contribution in [-0.4, -0.2) is 23.4 Å². The van der Waals surface area contributed by atoms with Gasteiger partial charge in [0, 0.05) is 31.0 Å². The van der Waals surface area contributed by atoms with Gasteiger partial charge in [-0.3, -0.25) is 9.98 Å². The van der Waals surface area contributed by atoms with Crippen LogP contribution in [-0.2, 0) is 19.6 Å². The van der Waals surface area contributed by atoms with Crippen LogP contribution < -0.4 is 16.4 Å². The van der Waals surface area contributed by atoms with E-state index in [2.05, 4.69) is 32.5 Å². The molecule has 7 heteroatoms. The Bertz CT molecular complexity index is 720. The van der Waals surface area contributed by atoms with Crippen LogP contribution in [0.25, 0.3) is 0 Å². The van der Waals surface area contributed by atoms with E-state index in [9.17, 15) is 0 Å². The summed E-state index contributed by atoms with van der Waals surface area (Å²) in [6.45, 7) is 7.72. The molecule has 7 nitrogen and oxygen atoms in total. The third kappa shape index (κ3) is 6.33. The van der Waals surface area contributed by atoms with Gasteiger partial charge in [0.2, 0.25) is 0 Å². The maximum Gasteiger partial charge on any atom is 0.150 e. The van der Waals surface area contributed by atoms with E-state index in [1.165, 1.54) is 0 Å². The first-order valence-electron chi connectivity index (χ1n) is 8.07. The van der Waals surface area contributed by atoms with Crippen LogP contribution in [0.2, 0.25) is 0 Å². The largest absolute Gasteiger partial charge is 0.380 e. The standard InChI is InChI=1S/C18H24N6O/c1-3-14(23-12-15-6-4-5-7-22-15)8-17(20-2)11-21-13-18-9-16(10-19)24-25-18/h3-9,21,23H,2,10-13,19H2,1H3/b14-3+,17-8-. The topological polar surface area (TPSA) is 101 Å². The van der Waals surface area contributed by atoms with Gasteiger partial charge in [-0.25, -0.2) is 0 Å². The van der Waals surface area contributed by atoms with Crippen LogP contribution in [0, 0.1) is 0 Å². The molecular formula is C18H24N6O. The van der Waals surface area contributed by atoms with Gasteiger partial charge in [0.05, 0.1) is 30.2 Å². The SMILES string of the molecule is C=N/C(=C\C(=C/C)NCc1ccccn1)CNCc1cc(CN)no1. The van der Waals surface area contributed by atoms with E-state index in [-0.39, 0.29) is 0 Å². The highest BCUT2D eigenvalue weighted by molar-refractivity contribution is 5.32. The van der Waals surface area contributed by atoms with Crippen molar-refractivity contribution in [2.24, 2.45) is 10.7 Å². The zero-order valence-electron chi connectivity index (χ0n) is 14.4. The molecule has 0 unspecified atom stereocenters. The summed E-state index contributed by atoms with van der Waals surface area (Å²) in [5, 5.41) is 10.4. The fraction of sp³-hybridized carbons (Fsp3) is 0.278. The Labute approximate surface area is 147 Å². The van der Waals surface area contributed by atoms with Crippen molar-refractivity contribution in [1.29, 1.82) is 0 Å². The number of hydrogen-bond acceptors (Lipinski definition) is 7. The molecular weight excluding hydrogens is 316 g/mol. The van der Waals surface area contributed by atoms with Gasteiger partial charge in [-0.1, -0.05) is 17.3 Å². The maximum atomic E-state index is 5.51. The van der Waals surface area contributed by atoms with Crippen LogP contribution in [0.1, 0.15) is 24.1 Å². The summed E-state index contributed by atoms with van der Waals surface area (Å²) in [5.41, 5.74) is 9.00. The first kappa shape index (κ1) is 18.6. The predicted octanol–water partition coefficient (Wildman–Crippen LogP) is 1.90. The second-order valence-electron chi connectivity index (χ2n) is 5.30. The molecule has 2 aromatic heterocycles. The molecule has 0 aliphatic rings. The Morgan fingerprint density at radius 3 is 2.88 bits per heavy atom. The molecule has 0 aliphatic heterocycles. The molecule has 132 valence electrons. The zero-order chi connectivity index (χ0) is 17.9. The number of rotatable bonds is 10. The van der Waals surface area contributed by atoms with Crippen LogP contribution in [0.3, 0.4) is 0 Å². The molecule has 2 rings (SSSR count). The first-order chi connectivity index (χ1) is 12.2. The molecule has 0 aliphatic carbocycles. The van der Waals surface area contributed by atoms with Crippen molar-refractivity contribution in [3.63, 3.8) is 0 Å². The van der Waals surface area contributed by atoms with Gasteiger partial charge < -0.3 is 20.9 Å². The van der Waals surface area contributed by atoms with E-state index in [1.807, 2.05) is 43.3 Å². The molecule has 0 fully saturated rings. The summed E-state index contributed by atoms with van der Waals surface area (Å²) in [6, 6.07) is 7.68. The number of allylic oxidation sites excluding steroid dienone is 2. The third-order valence-electron chi connectivity index (χ3n) is 3.46. The molecule has 2 aromatic rings. The number of nitrogens with one attached hydrogen (secondary N) is 2. The lowest BCUT2D eigenvalue weighted by atomic mass is 10.3. The van der Waals surface area contributed by atoms with Gasteiger partial charge >= 0.3 is 0 Å². The summed E-state index contributed by atoms with van der Waals surface area (Å²) < 4.78 is 5.17. The zero-order valence-corrected chi connectivity index (χ0v) is 14.4. The second kappa shape index (κ2) is 10.2. The quantitative estimate of drug-likeness (QED) is 0.451. The summed E-state index contributed by atoms with van der Waals surface area (Å²) >= 11 is 0. The molecule has 0 radical (unpaired) electrons. The highest BCUT2D eigenvalue weighted by Crippen LogP contribution is 2.05. The Balaban J connectivity index is 1.85. The van der Waals surface area contributed by atoms with Crippen molar-refractivity contribution in [3.05, 3.63) is 71.2 Å². The highest BCUT2D eigenvalue weighted by Gasteiger charge is 2.03. The highest BCUT2D eigenvalue weighted by atomic mass is 16.5. The summed E-state index contributed by atoms with van der Waals surface area (Å²) in [4.78, 5) is 8.36. The van der Waals surface area contributed by atoms with Crippen LogP contribution >= 0.6 is 0 Å². The van der Waals surface area contributed by atoms with Gasteiger partial charge in [0.15, 0.2) is 5.76 Å². The fourth-order valence-corrected chi connectivity index (χ4v) is 2.11. The molecule has 25 heavy (non-hydrogen) atoms. The van der Waals surface area contributed by atoms with Gasteiger partial charge in [0.1, 0.15) is 0 Å². The number of hydrogen-bond donors (Lipinski definition) is 3. The van der Waals surface area contributed by atoms with Crippen molar-refractivity contribution in [2.75, 3.05) is 6.54 Å². The van der Waals surface area contributed by atoms with Crippen molar-refractivity contribution in [3.8, 4) is 0 Å². The lowest BCUT2D eigenvalue weighted by Gasteiger charge is -2.09. The fourth-order valence-electron chi connectivity index (χ4n) is 2.11. The molecule has 0 spiro atoms. The normalized spacial score (nSPS) is 12.2. The average Bonchev–Trinajstić information content (AvgIpc) is 3.12. The van der Waals surface area contributed by atoms with E-state index < -0.39 is 0 Å². The number of aliphatic imine (C=N–C) groups is 1. The van der Waals surface area contributed by atoms with E-state index in [4.69, 9.17) is 10.3 Å². The molecule has 0 saturated carbocycles. The van der Waals surface area contributed by atoms with Crippen LogP contribution in [0.4, 0.5) is 0 Å². The van der Waals surface area contributed by atoms with Gasteiger partial charge in [0.25, 0.3) is 0 Å². The minimum atomic E-state index is 0.370. The number of pyridine rings is 1. The van der Waals surface area contributed by atoms with Crippen molar-refractivity contribution in [2.45, 2.75) is 26.6 Å². The lowest BCUT2D eigenvalue weighted by Crippen LogP contribution is -2.17. The van der Waals surface area contributed by atoms with Gasteiger partial charge in [-0.2, -0.15) is 0 Å².